The van der Waals surface area contributed by atoms with Crippen molar-refractivity contribution < 1.29 is 19.1 Å². The van der Waals surface area contributed by atoms with E-state index >= 15 is 0 Å². The summed E-state index contributed by atoms with van der Waals surface area (Å²) in [6.07, 6.45) is 3.03. The van der Waals surface area contributed by atoms with Crippen LogP contribution < -0.4 is 10.2 Å². The zero-order valence-corrected chi connectivity index (χ0v) is 15.9. The summed E-state index contributed by atoms with van der Waals surface area (Å²) in [5.41, 5.74) is 2.36. The van der Waals surface area contributed by atoms with Crippen LogP contribution in [0.1, 0.15) is 41.2 Å². The summed E-state index contributed by atoms with van der Waals surface area (Å²) in [5.74, 6) is -0.197. The van der Waals surface area contributed by atoms with Crippen LogP contribution in [0.15, 0.2) is 18.2 Å². The molecule has 146 valence electrons. The van der Waals surface area contributed by atoms with Gasteiger partial charge in [-0.25, -0.2) is 0 Å². The van der Waals surface area contributed by atoms with Gasteiger partial charge >= 0.3 is 0 Å². The zero-order valence-electron chi connectivity index (χ0n) is 15.9. The van der Waals surface area contributed by atoms with Crippen molar-refractivity contribution in [3.8, 4) is 0 Å². The van der Waals surface area contributed by atoms with E-state index in [1.807, 2.05) is 37.2 Å². The predicted molar refractivity (Wildman–Crippen MR) is 101 cm³/mol. The Bertz CT molecular complexity index is 726. The van der Waals surface area contributed by atoms with Crippen LogP contribution in [0.3, 0.4) is 0 Å². The average Bonchev–Trinajstić information content (AvgIpc) is 3.22. The first kappa shape index (κ1) is 18.3. The van der Waals surface area contributed by atoms with Crippen LogP contribution in [0.5, 0.6) is 0 Å². The Labute approximate surface area is 159 Å². The summed E-state index contributed by atoms with van der Waals surface area (Å²) in [7, 11) is 3.88. The number of rotatable bonds is 6. The first-order valence-electron chi connectivity index (χ1n) is 9.66. The van der Waals surface area contributed by atoms with Crippen LogP contribution in [-0.2, 0) is 14.3 Å². The number of ether oxygens (including phenoxy) is 2. The molecule has 27 heavy (non-hydrogen) atoms. The molecule has 1 aromatic carbocycles. The number of carbonyl (C=O) groups excluding carboxylic acids is 2. The summed E-state index contributed by atoms with van der Waals surface area (Å²) < 4.78 is 10.9. The Morgan fingerprint density at radius 3 is 2.78 bits per heavy atom. The average molecular weight is 373 g/mol. The van der Waals surface area contributed by atoms with Gasteiger partial charge < -0.3 is 24.6 Å². The van der Waals surface area contributed by atoms with E-state index in [0.717, 1.165) is 37.1 Å². The van der Waals surface area contributed by atoms with Gasteiger partial charge in [0.1, 0.15) is 6.04 Å². The minimum absolute atomic E-state index is 0.0396. The molecule has 0 radical (unpaired) electrons. The standard InChI is InChI=1S/C20H27N3O4/c1-22(2)14-5-6-16-17(10-14)20(25)23(8-7-15-4-3-9-27-15)18(16)19(24)21-13-11-26-12-13/h5-6,10,13,15,18H,3-4,7-9,11-12H2,1-2H3,(H,21,24). The molecule has 3 heterocycles. The van der Waals surface area contributed by atoms with Crippen LogP contribution >= 0.6 is 0 Å². The minimum atomic E-state index is -0.578. The second kappa shape index (κ2) is 7.48. The molecule has 0 aromatic heterocycles. The van der Waals surface area contributed by atoms with Crippen LogP contribution in [0, 0.1) is 0 Å². The van der Waals surface area contributed by atoms with Gasteiger partial charge in [0.2, 0.25) is 5.91 Å². The Hall–Kier alpha value is -2.12. The van der Waals surface area contributed by atoms with E-state index in [1.54, 1.807) is 4.90 Å². The Kier molecular flexibility index (Phi) is 5.06. The minimum Gasteiger partial charge on any atom is -0.378 e. The largest absolute Gasteiger partial charge is 0.378 e. The van der Waals surface area contributed by atoms with E-state index in [0.29, 0.717) is 25.3 Å². The van der Waals surface area contributed by atoms with Gasteiger partial charge in [-0.05, 0) is 37.0 Å². The lowest BCUT2D eigenvalue weighted by Crippen LogP contribution is -2.51. The lowest BCUT2D eigenvalue weighted by Gasteiger charge is -2.31. The van der Waals surface area contributed by atoms with Gasteiger partial charge in [0, 0.05) is 38.5 Å². The van der Waals surface area contributed by atoms with Gasteiger partial charge in [0.25, 0.3) is 5.91 Å². The second-order valence-corrected chi connectivity index (χ2v) is 7.73. The molecule has 7 nitrogen and oxygen atoms in total. The Morgan fingerprint density at radius 1 is 1.33 bits per heavy atom. The van der Waals surface area contributed by atoms with E-state index in [1.165, 1.54) is 0 Å². The number of hydrogen-bond donors (Lipinski definition) is 1. The van der Waals surface area contributed by atoms with Crippen molar-refractivity contribution in [1.29, 1.82) is 0 Å². The van der Waals surface area contributed by atoms with Crippen LogP contribution in [0.25, 0.3) is 0 Å². The molecule has 2 amide bonds. The summed E-state index contributed by atoms with van der Waals surface area (Å²) in [5, 5.41) is 3.02. The van der Waals surface area contributed by atoms with E-state index < -0.39 is 6.04 Å². The van der Waals surface area contributed by atoms with Crippen molar-refractivity contribution in [2.24, 2.45) is 0 Å². The first-order chi connectivity index (χ1) is 13.0. The molecule has 2 fully saturated rings. The monoisotopic (exact) mass is 373 g/mol. The van der Waals surface area contributed by atoms with Gasteiger partial charge in [-0.1, -0.05) is 6.07 Å². The number of carbonyl (C=O) groups is 2. The molecule has 7 heteroatoms. The maximum absolute atomic E-state index is 13.1. The van der Waals surface area contributed by atoms with E-state index in [2.05, 4.69) is 5.32 Å². The molecule has 1 aromatic rings. The lowest BCUT2D eigenvalue weighted by molar-refractivity contribution is -0.129. The van der Waals surface area contributed by atoms with Gasteiger partial charge in [0.15, 0.2) is 0 Å². The van der Waals surface area contributed by atoms with Crippen molar-refractivity contribution in [1.82, 2.24) is 10.2 Å². The fourth-order valence-electron chi connectivity index (χ4n) is 3.95. The third kappa shape index (κ3) is 3.53. The van der Waals surface area contributed by atoms with Crippen molar-refractivity contribution >= 4 is 17.5 Å². The molecule has 3 aliphatic heterocycles. The van der Waals surface area contributed by atoms with Gasteiger partial charge in [-0.3, -0.25) is 9.59 Å². The third-order valence-corrected chi connectivity index (χ3v) is 5.60. The number of benzene rings is 1. The molecule has 1 N–H and O–H groups in total. The van der Waals surface area contributed by atoms with Crippen LogP contribution in [-0.4, -0.2) is 69.3 Å². The highest BCUT2D eigenvalue weighted by molar-refractivity contribution is 6.05. The molecule has 4 rings (SSSR count). The first-order valence-corrected chi connectivity index (χ1v) is 9.66. The van der Waals surface area contributed by atoms with Crippen molar-refractivity contribution in [3.05, 3.63) is 29.3 Å². The zero-order chi connectivity index (χ0) is 19.0. The van der Waals surface area contributed by atoms with Crippen molar-refractivity contribution in [3.63, 3.8) is 0 Å². The molecular weight excluding hydrogens is 346 g/mol. The van der Waals surface area contributed by atoms with E-state index in [9.17, 15) is 9.59 Å². The maximum atomic E-state index is 13.1. The molecule has 0 bridgehead atoms. The van der Waals surface area contributed by atoms with Gasteiger partial charge in [-0.15, -0.1) is 0 Å². The summed E-state index contributed by atoms with van der Waals surface area (Å²) >= 11 is 0. The molecule has 0 saturated carbocycles. The summed E-state index contributed by atoms with van der Waals surface area (Å²) in [6, 6.07) is 5.22. The maximum Gasteiger partial charge on any atom is 0.255 e. The van der Waals surface area contributed by atoms with Crippen LogP contribution in [0.4, 0.5) is 5.69 Å². The molecule has 0 aliphatic carbocycles. The van der Waals surface area contributed by atoms with Crippen molar-refractivity contribution in [2.75, 3.05) is 45.4 Å². The highest BCUT2D eigenvalue weighted by atomic mass is 16.5. The number of fused-ring (bicyclic) bond motifs is 1. The fraction of sp³-hybridized carbons (Fsp3) is 0.600. The summed E-state index contributed by atoms with van der Waals surface area (Å²) in [4.78, 5) is 29.8. The topological polar surface area (TPSA) is 71.1 Å². The smallest absolute Gasteiger partial charge is 0.255 e. The van der Waals surface area contributed by atoms with E-state index in [-0.39, 0.29) is 24.0 Å². The third-order valence-electron chi connectivity index (χ3n) is 5.60. The number of nitrogens with one attached hydrogen (secondary N) is 1. The number of amides is 2. The highest BCUT2D eigenvalue weighted by Crippen LogP contribution is 2.36. The predicted octanol–water partition coefficient (Wildman–Crippen LogP) is 1.33. The lowest BCUT2D eigenvalue weighted by atomic mass is 10.0. The Balaban J connectivity index is 1.58. The number of hydrogen-bond acceptors (Lipinski definition) is 5. The second-order valence-electron chi connectivity index (χ2n) is 7.73. The fourth-order valence-corrected chi connectivity index (χ4v) is 3.95. The quantitative estimate of drug-likeness (QED) is 0.815. The molecule has 3 aliphatic rings. The molecule has 2 saturated heterocycles. The van der Waals surface area contributed by atoms with Crippen molar-refractivity contribution in [2.45, 2.75) is 37.5 Å². The highest BCUT2D eigenvalue weighted by Gasteiger charge is 2.42. The molecular formula is C20H27N3O4. The molecule has 2 unspecified atom stereocenters. The number of anilines is 1. The van der Waals surface area contributed by atoms with Crippen LogP contribution in [0.2, 0.25) is 0 Å². The molecule has 0 spiro atoms. The van der Waals surface area contributed by atoms with E-state index in [4.69, 9.17) is 9.47 Å². The van der Waals surface area contributed by atoms with Gasteiger partial charge in [-0.2, -0.15) is 0 Å². The molecule has 2 atom stereocenters. The normalized spacial score (nSPS) is 24.7. The number of nitrogens with zero attached hydrogens (tertiary/aromatic N) is 2. The Morgan fingerprint density at radius 2 is 2.15 bits per heavy atom. The summed E-state index contributed by atoms with van der Waals surface area (Å²) in [6.45, 7) is 2.38. The SMILES string of the molecule is CN(C)c1ccc2c(c1)C(=O)N(CCC1CCCO1)C2C(=O)NC1COC1. The van der Waals surface area contributed by atoms with Gasteiger partial charge in [0.05, 0.1) is 25.4 Å².